The highest BCUT2D eigenvalue weighted by atomic mass is 32.2. The average molecular weight is 242 g/mol. The first-order chi connectivity index (χ1) is 7.23. The predicted molar refractivity (Wildman–Crippen MR) is 60.4 cm³/mol. The van der Waals surface area contributed by atoms with Gasteiger partial charge in [0.15, 0.2) is 0 Å². The molecule has 1 aromatic rings. The molecule has 5 nitrogen and oxygen atoms in total. The lowest BCUT2D eigenvalue weighted by Crippen LogP contribution is -2.17. The molecule has 0 unspecified atom stereocenters. The highest BCUT2D eigenvalue weighted by molar-refractivity contribution is 7.89. The van der Waals surface area contributed by atoms with Gasteiger partial charge in [0.2, 0.25) is 15.9 Å². The Morgan fingerprint density at radius 1 is 1.31 bits per heavy atom. The fourth-order valence-electron chi connectivity index (χ4n) is 1.42. The number of rotatable bonds is 3. The molecule has 0 aliphatic rings. The van der Waals surface area contributed by atoms with Crippen LogP contribution < -0.4 is 10.9 Å². The van der Waals surface area contributed by atoms with Gasteiger partial charge in [0.05, 0.1) is 4.90 Å². The lowest BCUT2D eigenvalue weighted by atomic mass is 9.97. The number of sulfonamides is 1. The molecular weight excluding hydrogens is 228 g/mol. The third-order valence-electron chi connectivity index (χ3n) is 2.24. The van der Waals surface area contributed by atoms with Gasteiger partial charge in [-0.05, 0) is 29.7 Å². The summed E-state index contributed by atoms with van der Waals surface area (Å²) in [5.41, 5.74) is 6.10. The second kappa shape index (κ2) is 4.23. The van der Waals surface area contributed by atoms with E-state index in [9.17, 15) is 13.2 Å². The van der Waals surface area contributed by atoms with Crippen molar-refractivity contribution in [3.63, 3.8) is 0 Å². The lowest BCUT2D eigenvalue weighted by molar-refractivity contribution is 0.0999. The smallest absolute Gasteiger partial charge is 0.248 e. The van der Waals surface area contributed by atoms with Crippen LogP contribution in [0.2, 0.25) is 0 Å². The van der Waals surface area contributed by atoms with Crippen molar-refractivity contribution in [1.29, 1.82) is 0 Å². The van der Waals surface area contributed by atoms with Gasteiger partial charge in [-0.1, -0.05) is 13.8 Å². The molecule has 1 rings (SSSR count). The Balaban J connectivity index is 3.46. The van der Waals surface area contributed by atoms with Crippen molar-refractivity contribution in [2.75, 3.05) is 0 Å². The third kappa shape index (κ3) is 2.59. The van der Waals surface area contributed by atoms with Crippen molar-refractivity contribution >= 4 is 15.9 Å². The van der Waals surface area contributed by atoms with Gasteiger partial charge >= 0.3 is 0 Å². The van der Waals surface area contributed by atoms with Crippen LogP contribution in [0.1, 0.15) is 35.7 Å². The summed E-state index contributed by atoms with van der Waals surface area (Å²) in [5.74, 6) is -0.589. The molecule has 0 bridgehead atoms. The van der Waals surface area contributed by atoms with Crippen LogP contribution in [0.4, 0.5) is 0 Å². The van der Waals surface area contributed by atoms with Crippen LogP contribution >= 0.6 is 0 Å². The Labute approximate surface area is 94.5 Å². The summed E-state index contributed by atoms with van der Waals surface area (Å²) in [7, 11) is -3.75. The molecule has 1 aromatic carbocycles. The van der Waals surface area contributed by atoms with Crippen LogP contribution in [0.3, 0.4) is 0 Å². The van der Waals surface area contributed by atoms with Crippen molar-refractivity contribution in [1.82, 2.24) is 0 Å². The van der Waals surface area contributed by atoms with Gasteiger partial charge in [-0.3, -0.25) is 4.79 Å². The lowest BCUT2D eigenvalue weighted by Gasteiger charge is -2.11. The minimum Gasteiger partial charge on any atom is -0.366 e. The van der Waals surface area contributed by atoms with E-state index in [1.807, 2.05) is 13.8 Å². The number of hydrogen-bond acceptors (Lipinski definition) is 3. The summed E-state index contributed by atoms with van der Waals surface area (Å²) in [6.45, 7) is 3.68. The van der Waals surface area contributed by atoms with Gasteiger partial charge in [-0.25, -0.2) is 13.6 Å². The van der Waals surface area contributed by atoms with Crippen LogP contribution in [0, 0.1) is 0 Å². The molecule has 16 heavy (non-hydrogen) atoms. The Kier molecular flexibility index (Phi) is 3.35. The number of hydrogen-bond donors (Lipinski definition) is 2. The molecule has 0 fully saturated rings. The molecule has 4 N–H and O–H groups in total. The predicted octanol–water partition coefficient (Wildman–Crippen LogP) is 0.556. The van der Waals surface area contributed by atoms with E-state index in [0.717, 1.165) is 0 Å². The van der Waals surface area contributed by atoms with Gasteiger partial charge in [0.25, 0.3) is 0 Å². The number of primary amides is 1. The number of primary sulfonamides is 1. The van der Waals surface area contributed by atoms with Crippen LogP contribution in [0.5, 0.6) is 0 Å². The van der Waals surface area contributed by atoms with Gasteiger partial charge < -0.3 is 5.73 Å². The van der Waals surface area contributed by atoms with Gasteiger partial charge in [-0.2, -0.15) is 0 Å². The monoisotopic (exact) mass is 242 g/mol. The summed E-state index contributed by atoms with van der Waals surface area (Å²) in [5, 5.41) is 5.01. The van der Waals surface area contributed by atoms with Crippen molar-refractivity contribution < 1.29 is 13.2 Å². The number of carbonyl (C=O) groups is 1. The highest BCUT2D eigenvalue weighted by Crippen LogP contribution is 2.22. The number of nitrogens with two attached hydrogens (primary N) is 2. The maximum Gasteiger partial charge on any atom is 0.248 e. The summed E-state index contributed by atoms with van der Waals surface area (Å²) in [6, 6.07) is 4.05. The van der Waals surface area contributed by atoms with E-state index in [0.29, 0.717) is 11.1 Å². The molecular formula is C10H14N2O3S. The Hall–Kier alpha value is -1.40. The van der Waals surface area contributed by atoms with Crippen LogP contribution in [-0.2, 0) is 10.0 Å². The SMILES string of the molecule is CC(C)c1cc(S(N)(=O)=O)ccc1C(N)=O. The largest absolute Gasteiger partial charge is 0.366 e. The number of amides is 1. The standard InChI is InChI=1S/C10H14N2O3S/c1-6(2)9-5-7(16(12,14)15)3-4-8(9)10(11)13/h3-6H,1-2H3,(H2,11,13)(H2,12,14,15). The summed E-state index contributed by atoms with van der Waals surface area (Å²) in [4.78, 5) is 11.1. The molecule has 6 heteroatoms. The second-order valence-corrected chi connectivity index (χ2v) is 5.37. The van der Waals surface area contributed by atoms with Gasteiger partial charge in [0, 0.05) is 5.56 Å². The maximum absolute atomic E-state index is 11.2. The van der Waals surface area contributed by atoms with Crippen LogP contribution in [0.15, 0.2) is 23.1 Å². The van der Waals surface area contributed by atoms with Crippen molar-refractivity contribution in [3.05, 3.63) is 29.3 Å². The van der Waals surface area contributed by atoms with Crippen molar-refractivity contribution in [2.45, 2.75) is 24.7 Å². The summed E-state index contributed by atoms with van der Waals surface area (Å²) >= 11 is 0. The average Bonchev–Trinajstić information content (AvgIpc) is 2.15. The summed E-state index contributed by atoms with van der Waals surface area (Å²) in [6.07, 6.45) is 0. The van der Waals surface area contributed by atoms with E-state index in [-0.39, 0.29) is 10.8 Å². The molecule has 0 spiro atoms. The molecule has 1 amide bonds. The van der Waals surface area contributed by atoms with E-state index >= 15 is 0 Å². The second-order valence-electron chi connectivity index (χ2n) is 3.81. The van der Waals surface area contributed by atoms with Gasteiger partial charge in [-0.15, -0.1) is 0 Å². The minimum atomic E-state index is -3.75. The fourth-order valence-corrected chi connectivity index (χ4v) is 1.97. The molecule has 0 aliphatic heterocycles. The quantitative estimate of drug-likeness (QED) is 0.809. The molecule has 0 heterocycles. The first-order valence-corrected chi connectivity index (χ1v) is 6.24. The zero-order valence-corrected chi connectivity index (χ0v) is 9.91. The van der Waals surface area contributed by atoms with E-state index < -0.39 is 15.9 Å². The normalized spacial score (nSPS) is 11.8. The molecule has 88 valence electrons. The summed E-state index contributed by atoms with van der Waals surface area (Å²) < 4.78 is 22.3. The molecule has 0 saturated heterocycles. The van der Waals surface area contributed by atoms with E-state index in [1.165, 1.54) is 18.2 Å². The Morgan fingerprint density at radius 3 is 2.25 bits per heavy atom. The third-order valence-corrected chi connectivity index (χ3v) is 3.15. The number of carbonyl (C=O) groups excluding carboxylic acids is 1. The molecule has 0 atom stereocenters. The fraction of sp³-hybridized carbons (Fsp3) is 0.300. The van der Waals surface area contributed by atoms with Crippen LogP contribution in [0.25, 0.3) is 0 Å². The number of benzene rings is 1. The molecule has 0 aliphatic carbocycles. The van der Waals surface area contributed by atoms with E-state index in [2.05, 4.69) is 0 Å². The van der Waals surface area contributed by atoms with Crippen LogP contribution in [-0.4, -0.2) is 14.3 Å². The zero-order chi connectivity index (χ0) is 12.5. The molecule has 0 saturated carbocycles. The highest BCUT2D eigenvalue weighted by Gasteiger charge is 2.15. The van der Waals surface area contributed by atoms with E-state index in [1.54, 1.807) is 0 Å². The molecule has 0 radical (unpaired) electrons. The maximum atomic E-state index is 11.2. The molecule has 0 aromatic heterocycles. The zero-order valence-electron chi connectivity index (χ0n) is 9.10. The van der Waals surface area contributed by atoms with E-state index in [4.69, 9.17) is 10.9 Å². The Bertz CT molecular complexity index is 521. The van der Waals surface area contributed by atoms with Crippen molar-refractivity contribution in [2.24, 2.45) is 10.9 Å². The van der Waals surface area contributed by atoms with Gasteiger partial charge in [0.1, 0.15) is 0 Å². The first-order valence-electron chi connectivity index (χ1n) is 4.70. The minimum absolute atomic E-state index is 0.0100. The topological polar surface area (TPSA) is 103 Å². The van der Waals surface area contributed by atoms with Crippen molar-refractivity contribution in [3.8, 4) is 0 Å². The Morgan fingerprint density at radius 2 is 1.88 bits per heavy atom. The first kappa shape index (κ1) is 12.7.